The maximum Gasteiger partial charge on any atom is 0.405 e. The Kier molecular flexibility index (Phi) is 5.84. The van der Waals surface area contributed by atoms with Crippen molar-refractivity contribution in [3.8, 4) is 11.4 Å². The molecule has 1 aliphatic rings. The zero-order valence-electron chi connectivity index (χ0n) is 15.3. The summed E-state index contributed by atoms with van der Waals surface area (Å²) in [4.78, 5) is 33.6. The Balaban J connectivity index is 1.81. The first kappa shape index (κ1) is 19.4. The third kappa shape index (κ3) is 4.32. The summed E-state index contributed by atoms with van der Waals surface area (Å²) in [5.74, 6) is 0.436. The lowest BCUT2D eigenvalue weighted by atomic mass is 10.0. The number of hydrogen-bond donors (Lipinski definition) is 3. The molecule has 0 saturated carbocycles. The fraction of sp³-hybridized carbons (Fsp3) is 0.421. The quantitative estimate of drug-likeness (QED) is 0.666. The van der Waals surface area contributed by atoms with Crippen molar-refractivity contribution >= 4 is 27.9 Å². The monoisotopic (exact) mass is 434 g/mol. The molecule has 27 heavy (non-hydrogen) atoms. The molecule has 8 heteroatoms. The average molecular weight is 435 g/mol. The normalized spacial score (nSPS) is 17.9. The smallest absolute Gasteiger partial charge is 0.405 e. The van der Waals surface area contributed by atoms with Crippen LogP contribution in [0.3, 0.4) is 0 Å². The molecule has 3 rings (SSSR count). The molecule has 1 aromatic heterocycles. The van der Waals surface area contributed by atoms with E-state index in [1.165, 1.54) is 0 Å². The summed E-state index contributed by atoms with van der Waals surface area (Å²) in [6.45, 7) is 4.29. The number of aromatic amines is 1. The van der Waals surface area contributed by atoms with E-state index in [0.717, 1.165) is 34.4 Å². The first-order valence-electron chi connectivity index (χ1n) is 8.97. The van der Waals surface area contributed by atoms with Crippen molar-refractivity contribution in [1.82, 2.24) is 20.2 Å². The first-order valence-corrected chi connectivity index (χ1v) is 9.77. The van der Waals surface area contributed by atoms with E-state index in [-0.39, 0.29) is 17.9 Å². The number of halogens is 1. The molecule has 1 aliphatic heterocycles. The zero-order valence-corrected chi connectivity index (χ0v) is 16.9. The van der Waals surface area contributed by atoms with E-state index >= 15 is 0 Å². The molecule has 3 N–H and O–H groups in total. The molecule has 0 radical (unpaired) electrons. The molecule has 0 aliphatic carbocycles. The SMILES string of the molecule is CC(C)[C@H](NC(=O)O)C(=O)N1CCC[C@H]1c1cnc(-c2ccc(Br)cc2)[nH]1. The Morgan fingerprint density at radius 1 is 1.33 bits per heavy atom. The molecule has 0 unspecified atom stereocenters. The number of likely N-dealkylation sites (tertiary alicyclic amines) is 1. The van der Waals surface area contributed by atoms with Crippen LogP contribution in [0.1, 0.15) is 38.4 Å². The number of carbonyl (C=O) groups excluding carboxylic acids is 1. The number of carboxylic acid groups (broad SMARTS) is 1. The van der Waals surface area contributed by atoms with Gasteiger partial charge in [-0.15, -0.1) is 0 Å². The van der Waals surface area contributed by atoms with Gasteiger partial charge < -0.3 is 20.3 Å². The Labute approximate surface area is 166 Å². The van der Waals surface area contributed by atoms with E-state index < -0.39 is 12.1 Å². The second-order valence-corrected chi connectivity index (χ2v) is 7.97. The molecule has 0 bridgehead atoms. The van der Waals surface area contributed by atoms with E-state index in [2.05, 4.69) is 31.2 Å². The van der Waals surface area contributed by atoms with Crippen LogP contribution in [-0.2, 0) is 4.79 Å². The molecular formula is C19H23BrN4O3. The van der Waals surface area contributed by atoms with Crippen molar-refractivity contribution in [3.63, 3.8) is 0 Å². The van der Waals surface area contributed by atoms with Gasteiger partial charge in [0.15, 0.2) is 0 Å². The number of rotatable bonds is 5. The number of imidazole rings is 1. The topological polar surface area (TPSA) is 98.3 Å². The van der Waals surface area contributed by atoms with Gasteiger partial charge in [0.25, 0.3) is 0 Å². The zero-order chi connectivity index (χ0) is 19.6. The Morgan fingerprint density at radius 2 is 2.04 bits per heavy atom. The van der Waals surface area contributed by atoms with Crippen LogP contribution in [-0.4, -0.2) is 44.6 Å². The van der Waals surface area contributed by atoms with Crippen LogP contribution >= 0.6 is 15.9 Å². The third-order valence-electron chi connectivity index (χ3n) is 4.82. The van der Waals surface area contributed by atoms with Crippen LogP contribution in [0.25, 0.3) is 11.4 Å². The Hall–Kier alpha value is -2.35. The number of H-pyrrole nitrogens is 1. The fourth-order valence-corrected chi connectivity index (χ4v) is 3.70. The predicted octanol–water partition coefficient (Wildman–Crippen LogP) is 3.79. The largest absolute Gasteiger partial charge is 0.465 e. The molecule has 1 saturated heterocycles. The van der Waals surface area contributed by atoms with Crippen molar-refractivity contribution in [2.75, 3.05) is 6.54 Å². The van der Waals surface area contributed by atoms with Crippen molar-refractivity contribution in [2.45, 2.75) is 38.8 Å². The Morgan fingerprint density at radius 3 is 2.67 bits per heavy atom. The summed E-state index contributed by atoms with van der Waals surface area (Å²) in [6, 6.07) is 6.97. The Bertz CT molecular complexity index is 819. The summed E-state index contributed by atoms with van der Waals surface area (Å²) in [7, 11) is 0. The molecule has 0 spiro atoms. The van der Waals surface area contributed by atoms with Gasteiger partial charge >= 0.3 is 6.09 Å². The van der Waals surface area contributed by atoms with Crippen molar-refractivity contribution in [3.05, 3.63) is 40.6 Å². The van der Waals surface area contributed by atoms with Gasteiger partial charge in [-0.25, -0.2) is 9.78 Å². The van der Waals surface area contributed by atoms with E-state index in [1.807, 2.05) is 38.1 Å². The van der Waals surface area contributed by atoms with E-state index in [0.29, 0.717) is 6.54 Å². The maximum atomic E-state index is 13.0. The second-order valence-electron chi connectivity index (χ2n) is 7.05. The molecule has 2 atom stereocenters. The maximum absolute atomic E-state index is 13.0. The average Bonchev–Trinajstić information content (AvgIpc) is 3.28. The van der Waals surface area contributed by atoms with Gasteiger partial charge in [0, 0.05) is 16.6 Å². The van der Waals surface area contributed by atoms with E-state index in [4.69, 9.17) is 5.11 Å². The minimum Gasteiger partial charge on any atom is -0.465 e. The minimum absolute atomic E-state index is 0.119. The van der Waals surface area contributed by atoms with Crippen LogP contribution in [0.2, 0.25) is 0 Å². The lowest BCUT2D eigenvalue weighted by Gasteiger charge is -2.30. The molecule has 2 amide bonds. The standard InChI is InChI=1S/C19H23BrN4O3/c1-11(2)16(23-19(26)27)18(25)24-9-3-4-15(24)14-10-21-17(22-14)12-5-7-13(20)8-6-12/h5-8,10-11,15-16,23H,3-4,9H2,1-2H3,(H,21,22)(H,26,27)/t15-,16-/m0/s1. The summed E-state index contributed by atoms with van der Waals surface area (Å²) in [5.41, 5.74) is 1.84. The minimum atomic E-state index is -1.18. The van der Waals surface area contributed by atoms with Gasteiger partial charge in [0.2, 0.25) is 5.91 Å². The highest BCUT2D eigenvalue weighted by Crippen LogP contribution is 2.33. The summed E-state index contributed by atoms with van der Waals surface area (Å²) in [5, 5.41) is 11.4. The molecular weight excluding hydrogens is 412 g/mol. The molecule has 2 heterocycles. The number of amides is 2. The van der Waals surface area contributed by atoms with Crippen molar-refractivity contribution < 1.29 is 14.7 Å². The third-order valence-corrected chi connectivity index (χ3v) is 5.35. The fourth-order valence-electron chi connectivity index (χ4n) is 3.44. The van der Waals surface area contributed by atoms with Crippen LogP contribution in [0.5, 0.6) is 0 Å². The van der Waals surface area contributed by atoms with Gasteiger partial charge in [-0.2, -0.15) is 0 Å². The van der Waals surface area contributed by atoms with Crippen molar-refractivity contribution in [2.24, 2.45) is 5.92 Å². The number of aromatic nitrogens is 2. The van der Waals surface area contributed by atoms with Crippen LogP contribution in [0.15, 0.2) is 34.9 Å². The van der Waals surface area contributed by atoms with Crippen LogP contribution in [0.4, 0.5) is 4.79 Å². The van der Waals surface area contributed by atoms with Gasteiger partial charge in [-0.3, -0.25) is 4.79 Å². The molecule has 2 aromatic rings. The predicted molar refractivity (Wildman–Crippen MR) is 105 cm³/mol. The van der Waals surface area contributed by atoms with Crippen LogP contribution in [0, 0.1) is 5.92 Å². The van der Waals surface area contributed by atoms with Crippen molar-refractivity contribution in [1.29, 1.82) is 0 Å². The number of nitrogens with one attached hydrogen (secondary N) is 2. The number of carbonyl (C=O) groups is 2. The highest BCUT2D eigenvalue weighted by molar-refractivity contribution is 9.10. The number of hydrogen-bond acceptors (Lipinski definition) is 3. The number of benzene rings is 1. The summed E-state index contributed by atoms with van der Waals surface area (Å²) in [6.07, 6.45) is 2.28. The molecule has 1 aromatic carbocycles. The second kappa shape index (κ2) is 8.12. The highest BCUT2D eigenvalue weighted by atomic mass is 79.9. The van der Waals surface area contributed by atoms with E-state index in [9.17, 15) is 9.59 Å². The summed E-state index contributed by atoms with van der Waals surface area (Å²) < 4.78 is 0.997. The lowest BCUT2D eigenvalue weighted by Crippen LogP contribution is -2.50. The van der Waals surface area contributed by atoms with E-state index in [1.54, 1.807) is 11.1 Å². The molecule has 144 valence electrons. The van der Waals surface area contributed by atoms with Gasteiger partial charge in [0.05, 0.1) is 17.9 Å². The van der Waals surface area contributed by atoms with Crippen LogP contribution < -0.4 is 5.32 Å². The summed E-state index contributed by atoms with van der Waals surface area (Å²) >= 11 is 3.42. The molecule has 1 fully saturated rings. The molecule has 7 nitrogen and oxygen atoms in total. The van der Waals surface area contributed by atoms with Gasteiger partial charge in [-0.1, -0.05) is 41.9 Å². The van der Waals surface area contributed by atoms with Gasteiger partial charge in [0.1, 0.15) is 11.9 Å². The lowest BCUT2D eigenvalue weighted by molar-refractivity contribution is -0.135. The highest BCUT2D eigenvalue weighted by Gasteiger charge is 2.36. The number of nitrogens with zero attached hydrogens (tertiary/aromatic N) is 2. The van der Waals surface area contributed by atoms with Gasteiger partial charge in [-0.05, 0) is 30.9 Å². The first-order chi connectivity index (χ1) is 12.9.